The molecule has 0 aliphatic carbocycles. The van der Waals surface area contributed by atoms with Gasteiger partial charge in [0.15, 0.2) is 0 Å². The molecule has 3 nitrogen and oxygen atoms in total. The van der Waals surface area contributed by atoms with E-state index in [2.05, 4.69) is 9.97 Å². The fourth-order valence-electron chi connectivity index (χ4n) is 1.34. The van der Waals surface area contributed by atoms with Gasteiger partial charge in [0.05, 0.1) is 0 Å². The van der Waals surface area contributed by atoms with Gasteiger partial charge in [-0.1, -0.05) is 0 Å². The lowest BCUT2D eigenvalue weighted by Crippen LogP contribution is -2.05. The third-order valence-electron chi connectivity index (χ3n) is 2.02. The van der Waals surface area contributed by atoms with Gasteiger partial charge in [-0.2, -0.15) is 0 Å². The Hall–Kier alpha value is -0.670. The summed E-state index contributed by atoms with van der Waals surface area (Å²) >= 11 is 5.71. The third-order valence-corrected chi connectivity index (χ3v) is 2.19. The average molecular weight is 200 g/mol. The normalized spacial score (nSPS) is 10.5. The Bertz CT molecular complexity index is 276. The van der Waals surface area contributed by atoms with Gasteiger partial charge in [0.25, 0.3) is 0 Å². The van der Waals surface area contributed by atoms with E-state index in [-0.39, 0.29) is 0 Å². The number of hydrogen-bond acceptors (Lipinski definition) is 3. The van der Waals surface area contributed by atoms with Crippen molar-refractivity contribution in [2.24, 2.45) is 5.73 Å². The lowest BCUT2D eigenvalue weighted by molar-refractivity contribution is 0.804. The maximum absolute atomic E-state index is 5.71. The molecule has 1 aromatic heterocycles. The highest BCUT2D eigenvalue weighted by Crippen LogP contribution is 2.14. The number of nitrogens with zero attached hydrogens (tertiary/aromatic N) is 2. The molecule has 0 unspecified atom stereocenters. The molecule has 0 bridgehead atoms. The first-order chi connectivity index (χ1) is 6.15. The summed E-state index contributed by atoms with van der Waals surface area (Å²) in [5.74, 6) is 0. The molecule has 2 N–H and O–H groups in total. The summed E-state index contributed by atoms with van der Waals surface area (Å²) in [5.41, 5.74) is 8.54. The lowest BCUT2D eigenvalue weighted by Gasteiger charge is -2.07. The van der Waals surface area contributed by atoms with Crippen molar-refractivity contribution in [3.8, 4) is 0 Å². The first kappa shape index (κ1) is 10.4. The van der Waals surface area contributed by atoms with E-state index in [1.807, 2.05) is 13.8 Å². The number of aryl methyl sites for hydroxylation is 2. The van der Waals surface area contributed by atoms with Crippen LogP contribution in [0.3, 0.4) is 0 Å². The predicted molar refractivity (Wildman–Crippen MR) is 53.9 cm³/mol. The van der Waals surface area contributed by atoms with Crippen LogP contribution in [0.4, 0.5) is 0 Å². The van der Waals surface area contributed by atoms with Crippen molar-refractivity contribution in [1.82, 2.24) is 9.97 Å². The fraction of sp³-hybridized carbons (Fsp3) is 0.556. The molecule has 4 heteroatoms. The Morgan fingerprint density at radius 1 is 1.23 bits per heavy atom. The first-order valence-electron chi connectivity index (χ1n) is 4.35. The average Bonchev–Trinajstić information content (AvgIpc) is 2.02. The van der Waals surface area contributed by atoms with Gasteiger partial charge in [0, 0.05) is 11.4 Å². The van der Waals surface area contributed by atoms with Crippen LogP contribution in [0.25, 0.3) is 0 Å². The maximum Gasteiger partial charge on any atom is 0.222 e. The molecule has 1 rings (SSSR count). The third kappa shape index (κ3) is 2.64. The molecular formula is C9H14ClN3. The maximum atomic E-state index is 5.71. The number of nitrogens with two attached hydrogens (primary N) is 1. The lowest BCUT2D eigenvalue weighted by atomic mass is 10.1. The summed E-state index contributed by atoms with van der Waals surface area (Å²) in [6.45, 7) is 4.60. The highest BCUT2D eigenvalue weighted by Gasteiger charge is 2.06. The number of rotatable bonds is 3. The predicted octanol–water partition coefficient (Wildman–Crippen LogP) is 1.64. The molecule has 1 heterocycles. The van der Waals surface area contributed by atoms with Gasteiger partial charge in [0.2, 0.25) is 5.28 Å². The minimum absolute atomic E-state index is 0.325. The Morgan fingerprint density at radius 2 is 1.77 bits per heavy atom. The van der Waals surface area contributed by atoms with Crippen LogP contribution < -0.4 is 5.73 Å². The molecule has 0 spiro atoms. The van der Waals surface area contributed by atoms with Crippen molar-refractivity contribution >= 4 is 11.6 Å². The van der Waals surface area contributed by atoms with Crippen molar-refractivity contribution in [3.05, 3.63) is 22.2 Å². The Balaban J connectivity index is 2.92. The second kappa shape index (κ2) is 4.53. The molecular weight excluding hydrogens is 186 g/mol. The van der Waals surface area contributed by atoms with Gasteiger partial charge in [0.1, 0.15) is 0 Å². The Labute approximate surface area is 83.3 Å². The van der Waals surface area contributed by atoms with Gasteiger partial charge in [-0.3, -0.25) is 0 Å². The van der Waals surface area contributed by atoms with E-state index in [0.29, 0.717) is 11.8 Å². The highest BCUT2D eigenvalue weighted by atomic mass is 35.5. The monoisotopic (exact) mass is 199 g/mol. The molecule has 0 amide bonds. The molecule has 0 saturated carbocycles. The Kier molecular flexibility index (Phi) is 3.63. The van der Waals surface area contributed by atoms with E-state index in [0.717, 1.165) is 24.2 Å². The summed E-state index contributed by atoms with van der Waals surface area (Å²) in [5, 5.41) is 0.325. The van der Waals surface area contributed by atoms with Crippen LogP contribution in [0.5, 0.6) is 0 Å². The van der Waals surface area contributed by atoms with E-state index in [1.165, 1.54) is 5.56 Å². The first-order valence-corrected chi connectivity index (χ1v) is 4.72. The molecule has 72 valence electrons. The van der Waals surface area contributed by atoms with E-state index < -0.39 is 0 Å². The van der Waals surface area contributed by atoms with Crippen molar-refractivity contribution in [2.75, 3.05) is 6.54 Å². The molecule has 13 heavy (non-hydrogen) atoms. The zero-order valence-electron chi connectivity index (χ0n) is 7.97. The topological polar surface area (TPSA) is 51.8 Å². The zero-order valence-corrected chi connectivity index (χ0v) is 8.73. The van der Waals surface area contributed by atoms with E-state index in [1.54, 1.807) is 0 Å². The van der Waals surface area contributed by atoms with Crippen LogP contribution in [0.15, 0.2) is 0 Å². The van der Waals surface area contributed by atoms with Crippen LogP contribution in [0, 0.1) is 13.8 Å². The quantitative estimate of drug-likeness (QED) is 0.753. The second-order valence-electron chi connectivity index (χ2n) is 3.03. The van der Waals surface area contributed by atoms with E-state index in [4.69, 9.17) is 17.3 Å². The molecule has 0 aliphatic rings. The van der Waals surface area contributed by atoms with Crippen LogP contribution in [0.1, 0.15) is 23.4 Å². The van der Waals surface area contributed by atoms with Crippen molar-refractivity contribution in [1.29, 1.82) is 0 Å². The van der Waals surface area contributed by atoms with Gasteiger partial charge in [-0.05, 0) is 50.4 Å². The SMILES string of the molecule is Cc1nc(Cl)nc(C)c1CCCN. The smallest absolute Gasteiger partial charge is 0.222 e. The van der Waals surface area contributed by atoms with Crippen molar-refractivity contribution in [3.63, 3.8) is 0 Å². The van der Waals surface area contributed by atoms with Crippen LogP contribution in [-0.4, -0.2) is 16.5 Å². The fourth-order valence-corrected chi connectivity index (χ4v) is 1.59. The standard InChI is InChI=1S/C9H14ClN3/c1-6-8(4-3-5-11)7(2)13-9(10)12-6/h3-5,11H2,1-2H3. The molecule has 1 aromatic rings. The molecule has 0 atom stereocenters. The minimum Gasteiger partial charge on any atom is -0.330 e. The molecule has 0 radical (unpaired) electrons. The minimum atomic E-state index is 0.325. The van der Waals surface area contributed by atoms with Crippen LogP contribution in [-0.2, 0) is 6.42 Å². The Morgan fingerprint density at radius 3 is 2.23 bits per heavy atom. The van der Waals surface area contributed by atoms with Crippen LogP contribution in [0.2, 0.25) is 5.28 Å². The van der Waals surface area contributed by atoms with Crippen molar-refractivity contribution < 1.29 is 0 Å². The largest absolute Gasteiger partial charge is 0.330 e. The summed E-state index contributed by atoms with van der Waals surface area (Å²) < 4.78 is 0. The van der Waals surface area contributed by atoms with Gasteiger partial charge in [-0.15, -0.1) is 0 Å². The second-order valence-corrected chi connectivity index (χ2v) is 3.37. The van der Waals surface area contributed by atoms with Crippen molar-refractivity contribution in [2.45, 2.75) is 26.7 Å². The number of halogens is 1. The summed E-state index contributed by atoms with van der Waals surface area (Å²) in [4.78, 5) is 8.20. The highest BCUT2D eigenvalue weighted by molar-refractivity contribution is 6.28. The summed E-state index contributed by atoms with van der Waals surface area (Å²) in [6, 6.07) is 0. The van der Waals surface area contributed by atoms with Gasteiger partial charge < -0.3 is 5.73 Å². The molecule has 0 aliphatic heterocycles. The van der Waals surface area contributed by atoms with Gasteiger partial charge >= 0.3 is 0 Å². The van der Waals surface area contributed by atoms with Gasteiger partial charge in [-0.25, -0.2) is 9.97 Å². The zero-order chi connectivity index (χ0) is 9.84. The van der Waals surface area contributed by atoms with E-state index >= 15 is 0 Å². The van der Waals surface area contributed by atoms with E-state index in [9.17, 15) is 0 Å². The molecule has 0 saturated heterocycles. The number of hydrogen-bond donors (Lipinski definition) is 1. The van der Waals surface area contributed by atoms with Crippen LogP contribution >= 0.6 is 11.6 Å². The summed E-state index contributed by atoms with van der Waals surface area (Å²) in [6.07, 6.45) is 1.90. The summed E-state index contributed by atoms with van der Waals surface area (Å²) in [7, 11) is 0. The molecule has 0 fully saturated rings. The number of aromatic nitrogens is 2. The molecule has 0 aromatic carbocycles.